The van der Waals surface area contributed by atoms with Gasteiger partial charge in [0.2, 0.25) is 5.91 Å². The van der Waals surface area contributed by atoms with Crippen molar-refractivity contribution in [3.63, 3.8) is 0 Å². The standard InChI is InChI=1S/C22H20N2O4S/c1-28-21-10-6-5-7-17(21)11-16-22(25)23-18-12-14-20(15-13-18)29(26,27)24-19-8-3-2-4-9-19/h2-16,24H,1H3,(H,23,25). The molecule has 7 heteroatoms. The summed E-state index contributed by atoms with van der Waals surface area (Å²) in [4.78, 5) is 12.2. The number of ether oxygens (including phenoxy) is 1. The summed E-state index contributed by atoms with van der Waals surface area (Å²) >= 11 is 0. The van der Waals surface area contributed by atoms with E-state index in [1.54, 1.807) is 49.6 Å². The SMILES string of the molecule is COc1ccccc1C=CC(=O)Nc1ccc(S(=O)(=O)Nc2ccccc2)cc1. The number of anilines is 2. The predicted octanol–water partition coefficient (Wildman–Crippen LogP) is 4.15. The zero-order valence-corrected chi connectivity index (χ0v) is 16.5. The fourth-order valence-corrected chi connectivity index (χ4v) is 3.65. The first-order chi connectivity index (χ1) is 14.0. The fraction of sp³-hybridized carbons (Fsp3) is 0.0455. The number of rotatable bonds is 7. The Hall–Kier alpha value is -3.58. The van der Waals surface area contributed by atoms with Crippen molar-refractivity contribution >= 4 is 33.4 Å². The molecule has 3 aromatic rings. The third-order valence-electron chi connectivity index (χ3n) is 4.01. The smallest absolute Gasteiger partial charge is 0.261 e. The Kier molecular flexibility index (Phi) is 6.31. The molecule has 3 aromatic carbocycles. The zero-order valence-electron chi connectivity index (χ0n) is 15.7. The van der Waals surface area contributed by atoms with Gasteiger partial charge in [-0.25, -0.2) is 8.42 Å². The average molecular weight is 408 g/mol. The van der Waals surface area contributed by atoms with Crippen molar-refractivity contribution in [1.29, 1.82) is 0 Å². The van der Waals surface area contributed by atoms with Crippen molar-refractivity contribution < 1.29 is 17.9 Å². The summed E-state index contributed by atoms with van der Waals surface area (Å²) in [6.45, 7) is 0. The van der Waals surface area contributed by atoms with Gasteiger partial charge in [-0.3, -0.25) is 9.52 Å². The van der Waals surface area contributed by atoms with Gasteiger partial charge in [0, 0.05) is 23.0 Å². The van der Waals surface area contributed by atoms with Crippen LogP contribution in [0.1, 0.15) is 5.56 Å². The van der Waals surface area contributed by atoms with Gasteiger partial charge in [-0.15, -0.1) is 0 Å². The van der Waals surface area contributed by atoms with E-state index in [1.165, 1.54) is 30.3 Å². The zero-order chi connectivity index (χ0) is 20.7. The van der Waals surface area contributed by atoms with Crippen LogP contribution in [0.15, 0.2) is 89.8 Å². The lowest BCUT2D eigenvalue weighted by Gasteiger charge is -2.09. The van der Waals surface area contributed by atoms with E-state index in [2.05, 4.69) is 10.0 Å². The monoisotopic (exact) mass is 408 g/mol. The van der Waals surface area contributed by atoms with E-state index in [0.29, 0.717) is 17.1 Å². The van der Waals surface area contributed by atoms with Crippen molar-refractivity contribution in [2.45, 2.75) is 4.90 Å². The molecule has 148 valence electrons. The number of nitrogens with one attached hydrogen (secondary N) is 2. The molecule has 0 aromatic heterocycles. The number of hydrogen-bond donors (Lipinski definition) is 2. The van der Waals surface area contributed by atoms with Crippen molar-refractivity contribution in [1.82, 2.24) is 0 Å². The Morgan fingerprint density at radius 3 is 2.21 bits per heavy atom. The highest BCUT2D eigenvalue weighted by atomic mass is 32.2. The van der Waals surface area contributed by atoms with Crippen LogP contribution in [0.25, 0.3) is 6.08 Å². The number of para-hydroxylation sites is 2. The van der Waals surface area contributed by atoms with Gasteiger partial charge >= 0.3 is 0 Å². The van der Waals surface area contributed by atoms with Crippen molar-refractivity contribution in [2.24, 2.45) is 0 Å². The van der Waals surface area contributed by atoms with Gasteiger partial charge in [-0.1, -0.05) is 36.4 Å². The molecule has 0 saturated carbocycles. The predicted molar refractivity (Wildman–Crippen MR) is 114 cm³/mol. The van der Waals surface area contributed by atoms with Gasteiger partial charge in [0.1, 0.15) is 5.75 Å². The largest absolute Gasteiger partial charge is 0.496 e. The van der Waals surface area contributed by atoms with Crippen LogP contribution in [0.5, 0.6) is 5.75 Å². The number of benzene rings is 3. The number of carbonyl (C=O) groups is 1. The number of amides is 1. The molecule has 0 radical (unpaired) electrons. The number of carbonyl (C=O) groups excluding carboxylic acids is 1. The normalized spacial score (nSPS) is 11.2. The molecule has 0 aliphatic rings. The second kappa shape index (κ2) is 9.07. The number of methoxy groups -OCH3 is 1. The highest BCUT2D eigenvalue weighted by molar-refractivity contribution is 7.92. The molecule has 0 spiro atoms. The first-order valence-electron chi connectivity index (χ1n) is 8.78. The van der Waals surface area contributed by atoms with E-state index in [0.717, 1.165) is 5.56 Å². The maximum atomic E-state index is 12.4. The third kappa shape index (κ3) is 5.46. The topological polar surface area (TPSA) is 84.5 Å². The van der Waals surface area contributed by atoms with Crippen molar-refractivity contribution in [2.75, 3.05) is 17.1 Å². The second-order valence-electron chi connectivity index (χ2n) is 6.06. The lowest BCUT2D eigenvalue weighted by Crippen LogP contribution is -2.13. The van der Waals surface area contributed by atoms with Crippen molar-refractivity contribution in [3.05, 3.63) is 90.5 Å². The van der Waals surface area contributed by atoms with E-state index in [-0.39, 0.29) is 10.8 Å². The molecular formula is C22H20N2O4S. The average Bonchev–Trinajstić information content (AvgIpc) is 2.73. The van der Waals surface area contributed by atoms with Gasteiger partial charge in [0.25, 0.3) is 10.0 Å². The summed E-state index contributed by atoms with van der Waals surface area (Å²) in [5, 5.41) is 2.70. The molecule has 0 atom stereocenters. The highest BCUT2D eigenvalue weighted by Crippen LogP contribution is 2.20. The van der Waals surface area contributed by atoms with E-state index < -0.39 is 10.0 Å². The van der Waals surface area contributed by atoms with Crippen LogP contribution in [-0.4, -0.2) is 21.4 Å². The molecular weight excluding hydrogens is 388 g/mol. The fourth-order valence-electron chi connectivity index (χ4n) is 2.59. The Bertz CT molecular complexity index is 1110. The lowest BCUT2D eigenvalue weighted by atomic mass is 10.2. The summed E-state index contributed by atoms with van der Waals surface area (Å²) in [5.74, 6) is 0.325. The molecule has 0 fully saturated rings. The van der Waals surface area contributed by atoms with Crippen LogP contribution in [-0.2, 0) is 14.8 Å². The molecule has 6 nitrogen and oxygen atoms in total. The van der Waals surface area contributed by atoms with Crippen LogP contribution in [0.2, 0.25) is 0 Å². The lowest BCUT2D eigenvalue weighted by molar-refractivity contribution is -0.111. The maximum Gasteiger partial charge on any atom is 0.261 e. The molecule has 0 unspecified atom stereocenters. The molecule has 29 heavy (non-hydrogen) atoms. The van der Waals surface area contributed by atoms with Crippen LogP contribution in [0.4, 0.5) is 11.4 Å². The van der Waals surface area contributed by atoms with Gasteiger partial charge in [-0.2, -0.15) is 0 Å². The van der Waals surface area contributed by atoms with Crippen LogP contribution in [0, 0.1) is 0 Å². The Balaban J connectivity index is 1.65. The van der Waals surface area contributed by atoms with E-state index in [4.69, 9.17) is 4.74 Å². The molecule has 0 bridgehead atoms. The maximum absolute atomic E-state index is 12.4. The Labute approximate surface area is 169 Å². The second-order valence-corrected chi connectivity index (χ2v) is 7.74. The van der Waals surface area contributed by atoms with Gasteiger partial charge < -0.3 is 10.1 Å². The Morgan fingerprint density at radius 2 is 1.52 bits per heavy atom. The molecule has 0 aliphatic heterocycles. The molecule has 2 N–H and O–H groups in total. The number of sulfonamides is 1. The third-order valence-corrected chi connectivity index (χ3v) is 5.41. The minimum absolute atomic E-state index is 0.101. The summed E-state index contributed by atoms with van der Waals surface area (Å²) in [6.07, 6.45) is 3.04. The quantitative estimate of drug-likeness (QED) is 0.575. The van der Waals surface area contributed by atoms with E-state index >= 15 is 0 Å². The summed E-state index contributed by atoms with van der Waals surface area (Å²) < 4.78 is 32.6. The first kappa shape index (κ1) is 20.2. The summed E-state index contributed by atoms with van der Waals surface area (Å²) in [6, 6.07) is 21.9. The summed E-state index contributed by atoms with van der Waals surface area (Å²) in [7, 11) is -2.14. The van der Waals surface area contributed by atoms with Gasteiger partial charge in [0.15, 0.2) is 0 Å². The number of hydrogen-bond acceptors (Lipinski definition) is 4. The van der Waals surface area contributed by atoms with E-state index in [9.17, 15) is 13.2 Å². The summed E-state index contributed by atoms with van der Waals surface area (Å²) in [5.41, 5.74) is 1.74. The van der Waals surface area contributed by atoms with Crippen LogP contribution in [0.3, 0.4) is 0 Å². The van der Waals surface area contributed by atoms with Gasteiger partial charge in [0.05, 0.1) is 12.0 Å². The van der Waals surface area contributed by atoms with Gasteiger partial charge in [-0.05, 0) is 48.5 Å². The molecule has 0 aliphatic carbocycles. The molecule has 0 saturated heterocycles. The van der Waals surface area contributed by atoms with Crippen molar-refractivity contribution in [3.8, 4) is 5.75 Å². The highest BCUT2D eigenvalue weighted by Gasteiger charge is 2.14. The molecule has 0 heterocycles. The molecule has 3 rings (SSSR count). The first-order valence-corrected chi connectivity index (χ1v) is 10.3. The molecule has 1 amide bonds. The minimum Gasteiger partial charge on any atom is -0.496 e. The van der Waals surface area contributed by atoms with Crippen LogP contribution >= 0.6 is 0 Å². The Morgan fingerprint density at radius 1 is 0.862 bits per heavy atom. The van der Waals surface area contributed by atoms with E-state index in [1.807, 2.05) is 18.2 Å². The van der Waals surface area contributed by atoms with Crippen LogP contribution < -0.4 is 14.8 Å². The minimum atomic E-state index is -3.70.